The molecule has 2 atom stereocenters. The van der Waals surface area contributed by atoms with E-state index in [1.165, 1.54) is 0 Å². The largest absolute Gasteiger partial charge is 0.494 e. The number of benzene rings is 1. The third kappa shape index (κ3) is 4.22. The molecule has 0 radical (unpaired) electrons. The second kappa shape index (κ2) is 8.31. The lowest BCUT2D eigenvalue weighted by molar-refractivity contribution is -0.134. The summed E-state index contributed by atoms with van der Waals surface area (Å²) in [6, 6.07) is 8.06. The number of amides is 1. The van der Waals surface area contributed by atoms with Crippen molar-refractivity contribution < 1.29 is 14.1 Å². The molecule has 1 aliphatic rings. The van der Waals surface area contributed by atoms with E-state index in [-0.39, 0.29) is 11.9 Å². The van der Waals surface area contributed by atoms with Gasteiger partial charge in [-0.15, -0.1) is 0 Å². The zero-order valence-electron chi connectivity index (χ0n) is 15.6. The molecule has 3 rings (SSSR count). The van der Waals surface area contributed by atoms with Crippen LogP contribution in [0.15, 0.2) is 28.8 Å². The van der Waals surface area contributed by atoms with Crippen molar-refractivity contribution in [3.63, 3.8) is 0 Å². The van der Waals surface area contributed by atoms with Crippen LogP contribution in [0.1, 0.15) is 33.1 Å². The van der Waals surface area contributed by atoms with Crippen LogP contribution in [0.4, 0.5) is 0 Å². The van der Waals surface area contributed by atoms with Gasteiger partial charge in [0, 0.05) is 43.6 Å². The molecule has 0 bridgehead atoms. The zero-order chi connectivity index (χ0) is 18.5. The van der Waals surface area contributed by atoms with Crippen molar-refractivity contribution in [2.45, 2.75) is 45.7 Å². The lowest BCUT2D eigenvalue weighted by Gasteiger charge is -2.38. The lowest BCUT2D eigenvalue weighted by Crippen LogP contribution is -2.57. The van der Waals surface area contributed by atoms with Gasteiger partial charge in [-0.1, -0.05) is 5.16 Å². The molecule has 1 saturated heterocycles. The van der Waals surface area contributed by atoms with Gasteiger partial charge in [-0.25, -0.2) is 0 Å². The fourth-order valence-corrected chi connectivity index (χ4v) is 3.11. The molecule has 7 nitrogen and oxygen atoms in total. The summed E-state index contributed by atoms with van der Waals surface area (Å²) in [5.41, 5.74) is 0.860. The molecular weight excluding hydrogens is 332 g/mol. The van der Waals surface area contributed by atoms with E-state index in [9.17, 15) is 4.79 Å². The van der Waals surface area contributed by atoms with Crippen molar-refractivity contribution in [1.82, 2.24) is 20.4 Å². The predicted octanol–water partition coefficient (Wildman–Crippen LogP) is 2.28. The van der Waals surface area contributed by atoms with Crippen LogP contribution in [0.3, 0.4) is 0 Å². The number of ether oxygens (including phenoxy) is 1. The lowest BCUT2D eigenvalue weighted by atomic mass is 10.1. The quantitative estimate of drug-likeness (QED) is 0.853. The molecule has 2 aromatic rings. The maximum Gasteiger partial charge on any atom is 0.227 e. The number of aryl methyl sites for hydroxylation is 1. The Morgan fingerprint density at radius 2 is 2.12 bits per heavy atom. The molecule has 1 N–H and O–H groups in total. The van der Waals surface area contributed by atoms with E-state index in [0.717, 1.165) is 24.4 Å². The Morgan fingerprint density at radius 3 is 2.85 bits per heavy atom. The highest BCUT2D eigenvalue weighted by Crippen LogP contribution is 2.20. The van der Waals surface area contributed by atoms with Gasteiger partial charge < -0.3 is 19.5 Å². The zero-order valence-corrected chi connectivity index (χ0v) is 15.6. The first-order valence-electron chi connectivity index (χ1n) is 9.17. The summed E-state index contributed by atoms with van der Waals surface area (Å²) >= 11 is 0. The van der Waals surface area contributed by atoms with Crippen LogP contribution >= 0.6 is 0 Å². The maximum atomic E-state index is 12.5. The number of piperazine rings is 1. The van der Waals surface area contributed by atoms with Gasteiger partial charge in [-0.3, -0.25) is 4.79 Å². The van der Waals surface area contributed by atoms with Gasteiger partial charge in [0.25, 0.3) is 0 Å². The molecule has 2 unspecified atom stereocenters. The fourth-order valence-electron chi connectivity index (χ4n) is 3.11. The Hall–Kier alpha value is -2.41. The van der Waals surface area contributed by atoms with E-state index in [1.54, 1.807) is 0 Å². The van der Waals surface area contributed by atoms with Gasteiger partial charge in [-0.05, 0) is 45.0 Å². The number of rotatable bonds is 6. The molecule has 1 aromatic carbocycles. The molecule has 26 heavy (non-hydrogen) atoms. The van der Waals surface area contributed by atoms with Crippen molar-refractivity contribution in [2.75, 3.05) is 19.7 Å². The summed E-state index contributed by atoms with van der Waals surface area (Å²) in [6.45, 7) is 8.33. The van der Waals surface area contributed by atoms with Gasteiger partial charge in [0.15, 0.2) is 0 Å². The monoisotopic (exact) mass is 358 g/mol. The highest BCUT2D eigenvalue weighted by atomic mass is 16.5. The van der Waals surface area contributed by atoms with Crippen LogP contribution in [-0.4, -0.2) is 52.7 Å². The van der Waals surface area contributed by atoms with E-state index in [2.05, 4.69) is 29.3 Å². The fraction of sp³-hybridized carbons (Fsp3) is 0.526. The minimum Gasteiger partial charge on any atom is -0.494 e. The number of carbonyl (C=O) groups excluding carboxylic acids is 1. The van der Waals surface area contributed by atoms with Crippen LogP contribution in [0.5, 0.6) is 5.75 Å². The maximum absolute atomic E-state index is 12.5. The van der Waals surface area contributed by atoms with Gasteiger partial charge in [0.1, 0.15) is 5.75 Å². The molecule has 1 amide bonds. The SMILES string of the molecule is CCOc1ccc(-c2noc(CCC(=O)N3CCNC(C)C3C)n2)cc1. The standard InChI is InChI=1S/C19H26N4O3/c1-4-25-16-7-5-15(6-8-16)19-21-17(26-22-19)9-10-18(24)23-12-11-20-13(2)14(23)3/h5-8,13-14,20H,4,9-12H2,1-3H3. The van der Waals surface area contributed by atoms with Crippen molar-refractivity contribution in [2.24, 2.45) is 0 Å². The molecule has 1 aliphatic heterocycles. The second-order valence-electron chi connectivity index (χ2n) is 6.54. The highest BCUT2D eigenvalue weighted by Gasteiger charge is 2.27. The average molecular weight is 358 g/mol. The Bertz CT molecular complexity index is 729. The van der Waals surface area contributed by atoms with Crippen LogP contribution in [0.25, 0.3) is 11.4 Å². The second-order valence-corrected chi connectivity index (χ2v) is 6.54. The molecule has 0 saturated carbocycles. The van der Waals surface area contributed by atoms with Crippen LogP contribution in [0, 0.1) is 0 Å². The van der Waals surface area contributed by atoms with Crippen LogP contribution < -0.4 is 10.1 Å². The number of hydrogen-bond donors (Lipinski definition) is 1. The number of carbonyl (C=O) groups is 1. The third-order valence-corrected chi connectivity index (χ3v) is 4.80. The molecule has 140 valence electrons. The Labute approximate surface area is 153 Å². The van der Waals surface area contributed by atoms with Gasteiger partial charge in [0.05, 0.1) is 6.61 Å². The van der Waals surface area contributed by atoms with Crippen LogP contribution in [-0.2, 0) is 11.2 Å². The van der Waals surface area contributed by atoms with Crippen molar-refractivity contribution in [3.05, 3.63) is 30.2 Å². The molecule has 2 heterocycles. The molecular formula is C19H26N4O3. The number of aromatic nitrogens is 2. The minimum absolute atomic E-state index is 0.131. The summed E-state index contributed by atoms with van der Waals surface area (Å²) in [5, 5.41) is 7.40. The first kappa shape index (κ1) is 18.4. The van der Waals surface area contributed by atoms with Crippen molar-refractivity contribution >= 4 is 5.91 Å². The van der Waals surface area contributed by atoms with Gasteiger partial charge in [0.2, 0.25) is 17.6 Å². The molecule has 0 spiro atoms. The molecule has 0 aliphatic carbocycles. The van der Waals surface area contributed by atoms with Gasteiger partial charge >= 0.3 is 0 Å². The molecule has 7 heteroatoms. The average Bonchev–Trinajstić information content (AvgIpc) is 3.12. The van der Waals surface area contributed by atoms with Crippen LogP contribution in [0.2, 0.25) is 0 Å². The highest BCUT2D eigenvalue weighted by molar-refractivity contribution is 5.77. The van der Waals surface area contributed by atoms with Crippen molar-refractivity contribution in [1.29, 1.82) is 0 Å². The Kier molecular flexibility index (Phi) is 5.88. The normalized spacial score (nSPS) is 20.2. The minimum atomic E-state index is 0.131. The van der Waals surface area contributed by atoms with Gasteiger partial charge in [-0.2, -0.15) is 4.98 Å². The number of nitrogens with one attached hydrogen (secondary N) is 1. The summed E-state index contributed by atoms with van der Waals surface area (Å²) < 4.78 is 10.7. The first-order valence-corrected chi connectivity index (χ1v) is 9.17. The summed E-state index contributed by atoms with van der Waals surface area (Å²) in [6.07, 6.45) is 0.829. The van der Waals surface area contributed by atoms with E-state index < -0.39 is 0 Å². The third-order valence-electron chi connectivity index (χ3n) is 4.80. The predicted molar refractivity (Wildman–Crippen MR) is 97.9 cm³/mol. The molecule has 1 aromatic heterocycles. The van der Waals surface area contributed by atoms with E-state index in [0.29, 0.717) is 37.2 Å². The Morgan fingerprint density at radius 1 is 1.35 bits per heavy atom. The summed E-state index contributed by atoms with van der Waals surface area (Å²) in [7, 11) is 0. The first-order chi connectivity index (χ1) is 12.6. The number of hydrogen-bond acceptors (Lipinski definition) is 6. The number of nitrogens with zero attached hydrogens (tertiary/aromatic N) is 3. The van der Waals surface area contributed by atoms with E-state index >= 15 is 0 Å². The smallest absolute Gasteiger partial charge is 0.227 e. The van der Waals surface area contributed by atoms with E-state index in [4.69, 9.17) is 9.26 Å². The van der Waals surface area contributed by atoms with E-state index in [1.807, 2.05) is 36.1 Å². The molecule has 1 fully saturated rings. The Balaban J connectivity index is 1.57. The van der Waals surface area contributed by atoms with Crippen molar-refractivity contribution in [3.8, 4) is 17.1 Å². The summed E-state index contributed by atoms with van der Waals surface area (Å²) in [4.78, 5) is 18.8. The topological polar surface area (TPSA) is 80.5 Å². The summed E-state index contributed by atoms with van der Waals surface area (Å²) in [5.74, 6) is 1.95.